The van der Waals surface area contributed by atoms with Crippen molar-refractivity contribution in [2.75, 3.05) is 20.1 Å². The van der Waals surface area contributed by atoms with Gasteiger partial charge in [-0.1, -0.05) is 42.0 Å². The Morgan fingerprint density at radius 2 is 1.71 bits per heavy atom. The van der Waals surface area contributed by atoms with Gasteiger partial charge in [-0.25, -0.2) is 0 Å². The molecule has 0 N–H and O–H groups in total. The Morgan fingerprint density at radius 3 is 2.36 bits per heavy atom. The molecule has 0 radical (unpaired) electrons. The summed E-state index contributed by atoms with van der Waals surface area (Å²) in [6, 6.07) is 10.6. The van der Waals surface area contributed by atoms with Crippen molar-refractivity contribution in [1.29, 1.82) is 0 Å². The van der Waals surface area contributed by atoms with Crippen LogP contribution < -0.4 is 0 Å². The minimum absolute atomic E-state index is 1.21. The van der Waals surface area contributed by atoms with Gasteiger partial charge >= 0.3 is 0 Å². The maximum absolute atomic E-state index is 2.39. The van der Waals surface area contributed by atoms with Crippen molar-refractivity contribution in [3.05, 3.63) is 41.5 Å². The average molecular weight is 187 g/mol. The molecule has 1 heterocycles. The Morgan fingerprint density at radius 1 is 1.07 bits per heavy atom. The average Bonchev–Trinajstić information content (AvgIpc) is 2.23. The van der Waals surface area contributed by atoms with Gasteiger partial charge in [-0.2, -0.15) is 0 Å². The van der Waals surface area contributed by atoms with Crippen LogP contribution in [0.3, 0.4) is 0 Å². The molecular formula is C13H17N. The van der Waals surface area contributed by atoms with E-state index in [2.05, 4.69) is 48.4 Å². The van der Waals surface area contributed by atoms with E-state index >= 15 is 0 Å². The fourth-order valence-electron chi connectivity index (χ4n) is 1.84. The van der Waals surface area contributed by atoms with Crippen molar-refractivity contribution in [2.45, 2.75) is 12.8 Å². The number of nitrogens with zero attached hydrogens (tertiary/aromatic N) is 1. The van der Waals surface area contributed by atoms with E-state index in [1.165, 1.54) is 31.5 Å². The molecule has 1 saturated heterocycles. The summed E-state index contributed by atoms with van der Waals surface area (Å²) in [6.07, 6.45) is 4.80. The first kappa shape index (κ1) is 9.47. The molecule has 14 heavy (non-hydrogen) atoms. The molecule has 2 rings (SSSR count). The molecule has 1 aromatic carbocycles. The van der Waals surface area contributed by atoms with Gasteiger partial charge < -0.3 is 4.90 Å². The van der Waals surface area contributed by atoms with Crippen molar-refractivity contribution in [1.82, 2.24) is 4.90 Å². The van der Waals surface area contributed by atoms with Crippen LogP contribution in [0.15, 0.2) is 35.9 Å². The second-order valence-corrected chi connectivity index (χ2v) is 4.02. The fraction of sp³-hybridized carbons (Fsp3) is 0.385. The summed E-state index contributed by atoms with van der Waals surface area (Å²) in [5, 5.41) is 0. The summed E-state index contributed by atoms with van der Waals surface area (Å²) in [5.41, 5.74) is 2.93. The van der Waals surface area contributed by atoms with Gasteiger partial charge in [0.1, 0.15) is 0 Å². The molecule has 0 amide bonds. The van der Waals surface area contributed by atoms with Crippen LogP contribution in [-0.2, 0) is 0 Å². The predicted molar refractivity (Wildman–Crippen MR) is 61.2 cm³/mol. The minimum Gasteiger partial charge on any atom is -0.306 e. The molecule has 1 fully saturated rings. The normalized spacial score (nSPS) is 18.2. The van der Waals surface area contributed by atoms with E-state index in [0.29, 0.717) is 0 Å². The quantitative estimate of drug-likeness (QED) is 0.653. The summed E-state index contributed by atoms with van der Waals surface area (Å²) >= 11 is 0. The number of likely N-dealkylation sites (tertiary alicyclic amines) is 1. The Labute approximate surface area is 86.1 Å². The van der Waals surface area contributed by atoms with Gasteiger partial charge in [0.05, 0.1) is 0 Å². The zero-order valence-electron chi connectivity index (χ0n) is 8.74. The second kappa shape index (κ2) is 4.43. The monoisotopic (exact) mass is 187 g/mol. The lowest BCUT2D eigenvalue weighted by atomic mass is 10.0. The molecule has 0 bridgehead atoms. The maximum atomic E-state index is 2.39. The summed E-state index contributed by atoms with van der Waals surface area (Å²) in [5.74, 6) is 0. The van der Waals surface area contributed by atoms with Gasteiger partial charge in [0.15, 0.2) is 0 Å². The highest BCUT2D eigenvalue weighted by Crippen LogP contribution is 2.17. The third-order valence-corrected chi connectivity index (χ3v) is 2.80. The lowest BCUT2D eigenvalue weighted by molar-refractivity contribution is 0.313. The lowest BCUT2D eigenvalue weighted by Crippen LogP contribution is -2.26. The first-order valence-electron chi connectivity index (χ1n) is 5.27. The van der Waals surface area contributed by atoms with Crippen LogP contribution >= 0.6 is 0 Å². The molecule has 0 aliphatic carbocycles. The third-order valence-electron chi connectivity index (χ3n) is 2.80. The number of benzene rings is 1. The minimum atomic E-state index is 1.21. The van der Waals surface area contributed by atoms with Crippen molar-refractivity contribution >= 4 is 6.08 Å². The molecule has 1 nitrogen and oxygen atoms in total. The predicted octanol–water partition coefficient (Wildman–Crippen LogP) is 2.80. The second-order valence-electron chi connectivity index (χ2n) is 4.02. The molecule has 0 atom stereocenters. The third kappa shape index (κ3) is 2.46. The van der Waals surface area contributed by atoms with E-state index in [1.807, 2.05) is 0 Å². The molecule has 0 saturated carbocycles. The molecule has 1 aliphatic rings. The van der Waals surface area contributed by atoms with Crippen LogP contribution in [0, 0.1) is 0 Å². The first-order valence-corrected chi connectivity index (χ1v) is 5.27. The Kier molecular flexibility index (Phi) is 3.00. The lowest BCUT2D eigenvalue weighted by Gasteiger charge is -2.24. The zero-order chi connectivity index (χ0) is 9.80. The first-order chi connectivity index (χ1) is 6.84. The SMILES string of the molecule is CN1CCC(=Cc2ccccc2)CC1. The zero-order valence-corrected chi connectivity index (χ0v) is 8.74. The summed E-state index contributed by atoms with van der Waals surface area (Å²) in [7, 11) is 2.19. The van der Waals surface area contributed by atoms with Crippen molar-refractivity contribution < 1.29 is 0 Å². The smallest absolute Gasteiger partial charge is 0.00158 e. The van der Waals surface area contributed by atoms with Crippen LogP contribution in [0.1, 0.15) is 18.4 Å². The molecule has 0 unspecified atom stereocenters. The van der Waals surface area contributed by atoms with Gasteiger partial charge in [0, 0.05) is 13.1 Å². The molecule has 74 valence electrons. The highest BCUT2D eigenvalue weighted by Gasteiger charge is 2.08. The van der Waals surface area contributed by atoms with E-state index in [4.69, 9.17) is 0 Å². The van der Waals surface area contributed by atoms with Crippen LogP contribution in [0.25, 0.3) is 6.08 Å². The molecule has 0 spiro atoms. The standard InChI is InChI=1S/C13H17N/c1-14-9-7-13(8-10-14)11-12-5-3-2-4-6-12/h2-6,11H,7-10H2,1H3. The fourth-order valence-corrected chi connectivity index (χ4v) is 1.84. The highest BCUT2D eigenvalue weighted by molar-refractivity contribution is 5.52. The van der Waals surface area contributed by atoms with E-state index in [9.17, 15) is 0 Å². The Bertz CT molecular complexity index is 303. The maximum Gasteiger partial charge on any atom is 0.00158 e. The van der Waals surface area contributed by atoms with E-state index in [0.717, 1.165) is 0 Å². The van der Waals surface area contributed by atoms with Crippen LogP contribution in [0.5, 0.6) is 0 Å². The van der Waals surface area contributed by atoms with Crippen LogP contribution in [-0.4, -0.2) is 25.0 Å². The van der Waals surface area contributed by atoms with Gasteiger partial charge in [-0.3, -0.25) is 0 Å². The molecule has 1 aliphatic heterocycles. The number of piperidine rings is 1. The molecular weight excluding hydrogens is 170 g/mol. The van der Waals surface area contributed by atoms with Gasteiger partial charge in [0.25, 0.3) is 0 Å². The summed E-state index contributed by atoms with van der Waals surface area (Å²) < 4.78 is 0. The summed E-state index contributed by atoms with van der Waals surface area (Å²) in [6.45, 7) is 2.41. The van der Waals surface area contributed by atoms with Crippen molar-refractivity contribution in [2.24, 2.45) is 0 Å². The van der Waals surface area contributed by atoms with Gasteiger partial charge in [0.2, 0.25) is 0 Å². The Balaban J connectivity index is 2.05. The number of hydrogen-bond donors (Lipinski definition) is 0. The van der Waals surface area contributed by atoms with E-state index < -0.39 is 0 Å². The van der Waals surface area contributed by atoms with Crippen molar-refractivity contribution in [3.63, 3.8) is 0 Å². The van der Waals surface area contributed by atoms with Gasteiger partial charge in [-0.15, -0.1) is 0 Å². The summed E-state index contributed by atoms with van der Waals surface area (Å²) in [4.78, 5) is 2.39. The van der Waals surface area contributed by atoms with E-state index in [1.54, 1.807) is 5.57 Å². The number of hydrogen-bond acceptors (Lipinski definition) is 1. The number of rotatable bonds is 1. The Hall–Kier alpha value is -1.08. The van der Waals surface area contributed by atoms with Crippen LogP contribution in [0.4, 0.5) is 0 Å². The molecule has 0 aromatic heterocycles. The highest BCUT2D eigenvalue weighted by atomic mass is 15.1. The largest absolute Gasteiger partial charge is 0.306 e. The van der Waals surface area contributed by atoms with E-state index in [-0.39, 0.29) is 0 Å². The molecule has 1 aromatic rings. The molecule has 1 heteroatoms. The van der Waals surface area contributed by atoms with Crippen LogP contribution in [0.2, 0.25) is 0 Å². The van der Waals surface area contributed by atoms with Crippen molar-refractivity contribution in [3.8, 4) is 0 Å². The van der Waals surface area contributed by atoms with Gasteiger partial charge in [-0.05, 0) is 25.5 Å². The topological polar surface area (TPSA) is 3.24 Å².